The second kappa shape index (κ2) is 5.00. The van der Waals surface area contributed by atoms with Gasteiger partial charge in [-0.2, -0.15) is 0 Å². The van der Waals surface area contributed by atoms with E-state index in [0.717, 1.165) is 6.42 Å². The van der Waals surface area contributed by atoms with Crippen molar-refractivity contribution in [3.8, 4) is 0 Å². The summed E-state index contributed by atoms with van der Waals surface area (Å²) in [5.74, 6) is -0.529. The van der Waals surface area contributed by atoms with Gasteiger partial charge in [0.15, 0.2) is 5.76 Å². The first-order valence-corrected chi connectivity index (χ1v) is 6.94. The van der Waals surface area contributed by atoms with Gasteiger partial charge in [0.05, 0.1) is 12.1 Å². The standard InChI is InChI=1S/C14H22N2O4/c1-5-9-6-11(17)12(18)16(9)10-7-15(8-10)13(19)20-14(2,3)4/h6,9-10,17H,5,7-8H2,1-4H3. The predicted octanol–water partition coefficient (Wildman–Crippen LogP) is 1.67. The van der Waals surface area contributed by atoms with Gasteiger partial charge >= 0.3 is 6.09 Å². The monoisotopic (exact) mass is 282 g/mol. The predicted molar refractivity (Wildman–Crippen MR) is 73.2 cm³/mol. The van der Waals surface area contributed by atoms with E-state index in [9.17, 15) is 14.7 Å². The molecule has 0 spiro atoms. The van der Waals surface area contributed by atoms with E-state index in [4.69, 9.17) is 4.74 Å². The molecule has 0 aromatic rings. The fraction of sp³-hybridized carbons (Fsp3) is 0.714. The molecule has 1 fully saturated rings. The summed E-state index contributed by atoms with van der Waals surface area (Å²) >= 11 is 0. The average molecular weight is 282 g/mol. The molecule has 0 aromatic heterocycles. The number of nitrogens with zero attached hydrogens (tertiary/aromatic N) is 2. The van der Waals surface area contributed by atoms with Crippen LogP contribution in [0.5, 0.6) is 0 Å². The van der Waals surface area contributed by atoms with Crippen molar-refractivity contribution in [2.45, 2.75) is 51.8 Å². The van der Waals surface area contributed by atoms with Crippen LogP contribution in [0.25, 0.3) is 0 Å². The van der Waals surface area contributed by atoms with Crippen molar-refractivity contribution in [3.63, 3.8) is 0 Å². The Morgan fingerprint density at radius 1 is 1.45 bits per heavy atom. The maximum absolute atomic E-state index is 11.9. The van der Waals surface area contributed by atoms with Gasteiger partial charge < -0.3 is 19.6 Å². The molecule has 6 nitrogen and oxygen atoms in total. The summed E-state index contributed by atoms with van der Waals surface area (Å²) in [5, 5.41) is 9.53. The summed E-state index contributed by atoms with van der Waals surface area (Å²) in [7, 11) is 0. The number of rotatable bonds is 2. The molecule has 2 amide bonds. The Kier molecular flexibility index (Phi) is 3.67. The molecule has 2 aliphatic heterocycles. The van der Waals surface area contributed by atoms with E-state index >= 15 is 0 Å². The largest absolute Gasteiger partial charge is 0.503 e. The SMILES string of the molecule is CCC1C=C(O)C(=O)N1C1CN(C(=O)OC(C)(C)C)C1. The number of amides is 2. The van der Waals surface area contributed by atoms with Gasteiger partial charge in [0.25, 0.3) is 5.91 Å². The fourth-order valence-corrected chi connectivity index (χ4v) is 2.47. The van der Waals surface area contributed by atoms with Crippen LogP contribution >= 0.6 is 0 Å². The number of aliphatic hydroxyl groups is 1. The van der Waals surface area contributed by atoms with Crippen molar-refractivity contribution < 1.29 is 19.4 Å². The molecular weight excluding hydrogens is 260 g/mol. The Morgan fingerprint density at radius 3 is 2.55 bits per heavy atom. The van der Waals surface area contributed by atoms with Gasteiger partial charge in [0, 0.05) is 13.1 Å². The van der Waals surface area contributed by atoms with E-state index in [0.29, 0.717) is 13.1 Å². The molecule has 0 saturated carbocycles. The molecule has 0 aromatic carbocycles. The Balaban J connectivity index is 1.91. The molecule has 2 aliphatic rings. The summed E-state index contributed by atoms with van der Waals surface area (Å²) < 4.78 is 5.27. The first-order chi connectivity index (χ1) is 9.23. The Bertz CT molecular complexity index is 447. The van der Waals surface area contributed by atoms with E-state index < -0.39 is 5.60 Å². The van der Waals surface area contributed by atoms with Crippen molar-refractivity contribution in [3.05, 3.63) is 11.8 Å². The lowest BCUT2D eigenvalue weighted by Crippen LogP contribution is -2.63. The maximum atomic E-state index is 11.9. The molecule has 20 heavy (non-hydrogen) atoms. The second-order valence-corrected chi connectivity index (χ2v) is 6.28. The fourth-order valence-electron chi connectivity index (χ4n) is 2.47. The average Bonchev–Trinajstić information content (AvgIpc) is 2.52. The van der Waals surface area contributed by atoms with E-state index in [1.165, 1.54) is 0 Å². The van der Waals surface area contributed by atoms with Crippen LogP contribution in [-0.4, -0.2) is 57.7 Å². The van der Waals surface area contributed by atoms with E-state index in [-0.39, 0.29) is 29.8 Å². The Morgan fingerprint density at radius 2 is 2.05 bits per heavy atom. The quantitative estimate of drug-likeness (QED) is 0.836. The highest BCUT2D eigenvalue weighted by Gasteiger charge is 2.44. The van der Waals surface area contributed by atoms with Gasteiger partial charge in [0.2, 0.25) is 0 Å². The number of hydrogen-bond donors (Lipinski definition) is 1. The smallest absolute Gasteiger partial charge is 0.410 e. The third-order valence-electron chi connectivity index (χ3n) is 3.49. The molecule has 112 valence electrons. The topological polar surface area (TPSA) is 70.1 Å². The van der Waals surface area contributed by atoms with E-state index in [2.05, 4.69) is 0 Å². The van der Waals surface area contributed by atoms with Gasteiger partial charge in [-0.3, -0.25) is 4.79 Å². The van der Waals surface area contributed by atoms with E-state index in [1.54, 1.807) is 15.9 Å². The Hall–Kier alpha value is -1.72. The molecular formula is C14H22N2O4. The van der Waals surface area contributed by atoms with Gasteiger partial charge in [-0.25, -0.2) is 4.79 Å². The molecule has 2 heterocycles. The van der Waals surface area contributed by atoms with Gasteiger partial charge in [-0.1, -0.05) is 6.92 Å². The highest BCUT2D eigenvalue weighted by atomic mass is 16.6. The molecule has 2 rings (SSSR count). The zero-order chi connectivity index (χ0) is 15.1. The van der Waals surface area contributed by atoms with Crippen LogP contribution in [0.4, 0.5) is 4.79 Å². The van der Waals surface area contributed by atoms with Crippen LogP contribution in [0, 0.1) is 0 Å². The summed E-state index contributed by atoms with van der Waals surface area (Å²) in [6.07, 6.45) is 1.97. The number of ether oxygens (including phenoxy) is 1. The molecule has 1 unspecified atom stereocenters. The van der Waals surface area contributed by atoms with Gasteiger partial charge in [-0.15, -0.1) is 0 Å². The third-order valence-corrected chi connectivity index (χ3v) is 3.49. The van der Waals surface area contributed by atoms with Crippen molar-refractivity contribution in [1.29, 1.82) is 0 Å². The van der Waals surface area contributed by atoms with Crippen molar-refractivity contribution >= 4 is 12.0 Å². The molecule has 1 atom stereocenters. The first-order valence-electron chi connectivity index (χ1n) is 6.94. The van der Waals surface area contributed by atoms with Crippen LogP contribution < -0.4 is 0 Å². The lowest BCUT2D eigenvalue weighted by molar-refractivity contribution is -0.135. The zero-order valence-corrected chi connectivity index (χ0v) is 12.4. The van der Waals surface area contributed by atoms with Crippen molar-refractivity contribution in [1.82, 2.24) is 9.80 Å². The minimum absolute atomic E-state index is 0.0409. The molecule has 0 aliphatic carbocycles. The van der Waals surface area contributed by atoms with Crippen molar-refractivity contribution in [2.24, 2.45) is 0 Å². The van der Waals surface area contributed by atoms with Gasteiger partial charge in [0.1, 0.15) is 5.60 Å². The van der Waals surface area contributed by atoms with Gasteiger partial charge in [-0.05, 0) is 33.3 Å². The molecule has 1 N–H and O–H groups in total. The van der Waals surface area contributed by atoms with Crippen LogP contribution in [0.15, 0.2) is 11.8 Å². The van der Waals surface area contributed by atoms with Crippen LogP contribution in [-0.2, 0) is 9.53 Å². The first kappa shape index (κ1) is 14.7. The lowest BCUT2D eigenvalue weighted by Gasteiger charge is -2.45. The molecule has 6 heteroatoms. The lowest BCUT2D eigenvalue weighted by atomic mass is 10.1. The molecule has 0 radical (unpaired) electrons. The summed E-state index contributed by atoms with van der Waals surface area (Å²) in [6.45, 7) is 8.34. The summed E-state index contributed by atoms with van der Waals surface area (Å²) in [6, 6.07) is -0.117. The minimum Gasteiger partial charge on any atom is -0.503 e. The normalized spacial score (nSPS) is 23.7. The molecule has 1 saturated heterocycles. The van der Waals surface area contributed by atoms with E-state index in [1.807, 2.05) is 27.7 Å². The highest BCUT2D eigenvalue weighted by molar-refractivity contribution is 5.94. The maximum Gasteiger partial charge on any atom is 0.410 e. The number of carbonyl (C=O) groups is 2. The highest BCUT2D eigenvalue weighted by Crippen LogP contribution is 2.27. The third kappa shape index (κ3) is 2.73. The zero-order valence-electron chi connectivity index (χ0n) is 12.4. The number of carbonyl (C=O) groups excluding carboxylic acids is 2. The number of likely N-dealkylation sites (tertiary alicyclic amines) is 1. The van der Waals surface area contributed by atoms with Crippen LogP contribution in [0.1, 0.15) is 34.1 Å². The minimum atomic E-state index is -0.516. The second-order valence-electron chi connectivity index (χ2n) is 6.28. The van der Waals surface area contributed by atoms with Crippen LogP contribution in [0.3, 0.4) is 0 Å². The van der Waals surface area contributed by atoms with Crippen molar-refractivity contribution in [2.75, 3.05) is 13.1 Å². The summed E-state index contributed by atoms with van der Waals surface area (Å²) in [4.78, 5) is 27.0. The Labute approximate surface area is 119 Å². The molecule has 0 bridgehead atoms. The number of hydrogen-bond acceptors (Lipinski definition) is 4. The summed E-state index contributed by atoms with van der Waals surface area (Å²) in [5.41, 5.74) is -0.516. The number of aliphatic hydroxyl groups excluding tert-OH is 1. The van der Waals surface area contributed by atoms with Crippen LogP contribution in [0.2, 0.25) is 0 Å².